The fourth-order valence-corrected chi connectivity index (χ4v) is 3.48. The molecule has 0 saturated carbocycles. The van der Waals surface area contributed by atoms with E-state index in [2.05, 4.69) is 9.98 Å². The monoisotopic (exact) mass is 562 g/mol. The van der Waals surface area contributed by atoms with Gasteiger partial charge in [0.25, 0.3) is 0 Å². The van der Waals surface area contributed by atoms with Crippen molar-refractivity contribution in [1.82, 2.24) is 0 Å². The summed E-state index contributed by atoms with van der Waals surface area (Å²) in [5.41, 5.74) is 3.40. The van der Waals surface area contributed by atoms with Crippen LogP contribution in [0.15, 0.2) is 82.8 Å². The van der Waals surface area contributed by atoms with Crippen molar-refractivity contribution < 1.29 is 38.8 Å². The first-order chi connectivity index (χ1) is 20.1. The molecule has 0 aromatic heterocycles. The van der Waals surface area contributed by atoms with Crippen LogP contribution in [0.5, 0.6) is 11.5 Å². The third-order valence-electron chi connectivity index (χ3n) is 5.46. The second-order valence-corrected chi connectivity index (χ2v) is 8.56. The molecule has 2 N–H and O–H groups in total. The number of hydrogen-bond donors (Lipinski definition) is 2. The maximum absolute atomic E-state index is 10.5. The molecule has 1 aliphatic heterocycles. The predicted octanol–water partition coefficient (Wildman–Crippen LogP) is 4.74. The van der Waals surface area contributed by atoms with Gasteiger partial charge in [-0.1, -0.05) is 24.3 Å². The zero-order chi connectivity index (χ0) is 29.5. The number of benzene rings is 3. The first kappa shape index (κ1) is 32.6. The zero-order valence-corrected chi connectivity index (χ0v) is 22.7. The summed E-state index contributed by atoms with van der Waals surface area (Å²) in [6.07, 6.45) is 7.60. The maximum Gasteiger partial charge on any atom is 0.305 e. The second kappa shape index (κ2) is 20.3. The molecular weight excluding hydrogens is 528 g/mol. The van der Waals surface area contributed by atoms with E-state index in [4.69, 9.17) is 24.4 Å². The van der Waals surface area contributed by atoms with Crippen LogP contribution in [-0.2, 0) is 25.5 Å². The Morgan fingerprint density at radius 1 is 0.683 bits per heavy atom. The van der Waals surface area contributed by atoms with Gasteiger partial charge in [0.1, 0.15) is 24.7 Å². The molecule has 3 aromatic carbocycles. The van der Waals surface area contributed by atoms with Crippen molar-refractivity contribution in [2.24, 2.45) is 9.98 Å². The molecule has 0 amide bonds. The molecule has 0 radical (unpaired) electrons. The van der Waals surface area contributed by atoms with Crippen molar-refractivity contribution in [3.05, 3.63) is 83.9 Å². The average Bonchev–Trinajstić information content (AvgIpc) is 3.26. The summed E-state index contributed by atoms with van der Waals surface area (Å²) >= 11 is 0. The second-order valence-electron chi connectivity index (χ2n) is 8.56. The minimum absolute atomic E-state index is 0.00274. The topological polar surface area (TPSA) is 144 Å². The first-order valence-corrected chi connectivity index (χ1v) is 13.1. The lowest BCUT2D eigenvalue weighted by atomic mass is 10.0. The van der Waals surface area contributed by atoms with Crippen molar-refractivity contribution in [3.63, 3.8) is 0 Å². The van der Waals surface area contributed by atoms with Gasteiger partial charge in [-0.2, -0.15) is 9.98 Å². The Balaban J connectivity index is 0.000000234. The van der Waals surface area contributed by atoms with Gasteiger partial charge in [0, 0.05) is 6.42 Å². The normalized spacial score (nSPS) is 11.9. The van der Waals surface area contributed by atoms with E-state index in [9.17, 15) is 14.4 Å². The van der Waals surface area contributed by atoms with E-state index < -0.39 is 0 Å². The number of aliphatic hydroxyl groups is 2. The van der Waals surface area contributed by atoms with Crippen LogP contribution in [0.25, 0.3) is 0 Å². The number of rotatable bonds is 10. The number of aliphatic imine (C=N–C) groups is 2. The van der Waals surface area contributed by atoms with Gasteiger partial charge in [-0.25, -0.2) is 9.59 Å². The number of aliphatic hydroxyl groups excluding tert-OH is 2. The minimum atomic E-state index is -0.0255. The van der Waals surface area contributed by atoms with Gasteiger partial charge in [-0.15, -0.1) is 0 Å². The molecular formula is C31H34N2O8. The van der Waals surface area contributed by atoms with E-state index in [1.807, 2.05) is 24.3 Å². The molecule has 216 valence electrons. The van der Waals surface area contributed by atoms with Crippen LogP contribution in [0.4, 0.5) is 11.4 Å². The Hall–Kier alpha value is -4.59. The van der Waals surface area contributed by atoms with Crippen molar-refractivity contribution in [2.45, 2.75) is 32.1 Å². The molecule has 0 unspecified atom stereocenters. The van der Waals surface area contributed by atoms with Gasteiger partial charge in [0.15, 0.2) is 0 Å². The first-order valence-electron chi connectivity index (χ1n) is 13.1. The highest BCUT2D eigenvalue weighted by molar-refractivity contribution is 5.69. The molecule has 41 heavy (non-hydrogen) atoms. The molecule has 0 aliphatic carbocycles. The molecule has 0 atom stereocenters. The van der Waals surface area contributed by atoms with Crippen molar-refractivity contribution >= 4 is 29.5 Å². The van der Waals surface area contributed by atoms with Crippen molar-refractivity contribution in [3.8, 4) is 11.5 Å². The van der Waals surface area contributed by atoms with Crippen LogP contribution in [0.1, 0.15) is 36.8 Å². The summed E-state index contributed by atoms with van der Waals surface area (Å²) in [4.78, 5) is 37.7. The SMILES string of the molecule is O=C1CCCCCO1.O=C=Nc1ccc(Cc2ccc(N=C=O)cc2)cc1.OCCOc1ccc(OCCO)cc1. The maximum atomic E-state index is 10.5. The fraction of sp³-hybridized carbons (Fsp3) is 0.323. The van der Waals surface area contributed by atoms with Gasteiger partial charge < -0.3 is 24.4 Å². The highest BCUT2D eigenvalue weighted by Crippen LogP contribution is 2.18. The van der Waals surface area contributed by atoms with E-state index in [0.717, 1.165) is 36.8 Å². The Bertz CT molecular complexity index is 1150. The average molecular weight is 563 g/mol. The number of carbonyl (C=O) groups is 1. The smallest absolute Gasteiger partial charge is 0.305 e. The molecule has 10 nitrogen and oxygen atoms in total. The zero-order valence-electron chi connectivity index (χ0n) is 22.7. The summed E-state index contributed by atoms with van der Waals surface area (Å²) in [5.74, 6) is 1.35. The fourth-order valence-electron chi connectivity index (χ4n) is 3.48. The summed E-state index contributed by atoms with van der Waals surface area (Å²) in [5, 5.41) is 17.0. The summed E-state index contributed by atoms with van der Waals surface area (Å²) < 4.78 is 15.1. The molecule has 0 bridgehead atoms. The summed E-state index contributed by atoms with van der Waals surface area (Å²) in [7, 11) is 0. The van der Waals surface area contributed by atoms with Crippen molar-refractivity contribution in [1.29, 1.82) is 0 Å². The molecule has 1 fully saturated rings. The number of carbonyl (C=O) groups excluding carboxylic acids is 3. The Kier molecular flexibility index (Phi) is 16.2. The number of nitrogens with zero attached hydrogens (tertiary/aromatic N) is 2. The lowest BCUT2D eigenvalue weighted by Gasteiger charge is -2.06. The lowest BCUT2D eigenvalue weighted by Crippen LogP contribution is -2.03. The quantitative estimate of drug-likeness (QED) is 0.205. The van der Waals surface area contributed by atoms with E-state index >= 15 is 0 Å². The summed E-state index contributed by atoms with van der Waals surface area (Å²) in [6.45, 7) is 1.22. The highest BCUT2D eigenvalue weighted by Gasteiger charge is 2.05. The number of ether oxygens (including phenoxy) is 3. The van der Waals surface area contributed by atoms with E-state index in [1.165, 1.54) is 12.2 Å². The van der Waals surface area contributed by atoms with Crippen LogP contribution in [-0.4, -0.2) is 61.4 Å². The Morgan fingerprint density at radius 3 is 1.56 bits per heavy atom. The molecule has 1 saturated heterocycles. The minimum Gasteiger partial charge on any atom is -0.491 e. The van der Waals surface area contributed by atoms with Crippen LogP contribution >= 0.6 is 0 Å². The molecule has 4 rings (SSSR count). The van der Waals surface area contributed by atoms with E-state index in [-0.39, 0.29) is 32.4 Å². The third kappa shape index (κ3) is 14.4. The lowest BCUT2D eigenvalue weighted by molar-refractivity contribution is -0.142. The third-order valence-corrected chi connectivity index (χ3v) is 5.46. The Morgan fingerprint density at radius 2 is 1.15 bits per heavy atom. The Labute approximate surface area is 238 Å². The van der Waals surface area contributed by atoms with Gasteiger partial charge >= 0.3 is 5.97 Å². The van der Waals surface area contributed by atoms with Crippen LogP contribution in [0.3, 0.4) is 0 Å². The van der Waals surface area contributed by atoms with E-state index in [1.54, 1.807) is 48.5 Å². The predicted molar refractivity (Wildman–Crippen MR) is 152 cm³/mol. The highest BCUT2D eigenvalue weighted by atomic mass is 16.5. The van der Waals surface area contributed by atoms with Gasteiger partial charge in [-0.3, -0.25) is 4.79 Å². The molecule has 1 heterocycles. The van der Waals surface area contributed by atoms with Gasteiger partial charge in [-0.05, 0) is 85.3 Å². The van der Waals surface area contributed by atoms with Gasteiger partial charge in [0.05, 0.1) is 31.2 Å². The van der Waals surface area contributed by atoms with Crippen molar-refractivity contribution in [2.75, 3.05) is 33.0 Å². The van der Waals surface area contributed by atoms with Crippen LogP contribution in [0.2, 0.25) is 0 Å². The molecule has 3 aromatic rings. The number of esters is 1. The molecule has 10 heteroatoms. The largest absolute Gasteiger partial charge is 0.491 e. The number of hydrogen-bond acceptors (Lipinski definition) is 10. The summed E-state index contributed by atoms with van der Waals surface area (Å²) in [6, 6.07) is 21.7. The molecule has 1 aliphatic rings. The molecule has 0 spiro atoms. The van der Waals surface area contributed by atoms with Gasteiger partial charge in [0.2, 0.25) is 12.2 Å². The van der Waals surface area contributed by atoms with Crippen LogP contribution in [0, 0.1) is 0 Å². The number of isocyanates is 2. The standard InChI is InChI=1S/C15H10N2O2.C10H14O4.C6H10O2/c18-10-16-14-5-1-12(2-6-14)9-13-3-7-15(8-4-13)17-11-19;11-5-7-13-9-1-2-10(4-3-9)14-8-6-12;7-6-4-2-1-3-5-8-6/h1-8H,9H2;1-4,11-12H,5-8H2;1-5H2. The van der Waals surface area contributed by atoms with Crippen LogP contribution < -0.4 is 9.47 Å². The number of cyclic esters (lactones) is 1. The van der Waals surface area contributed by atoms with E-state index in [0.29, 0.717) is 35.9 Å².